The van der Waals surface area contributed by atoms with E-state index in [1.807, 2.05) is 18.2 Å². The summed E-state index contributed by atoms with van der Waals surface area (Å²) >= 11 is 0. The molecule has 1 atom stereocenters. The molecule has 0 aliphatic carbocycles. The lowest BCUT2D eigenvalue weighted by atomic mass is 9.82. The number of rotatable bonds is 4. The zero-order valence-electron chi connectivity index (χ0n) is 12.5. The molecule has 1 amide bonds. The van der Waals surface area contributed by atoms with Crippen LogP contribution in [0, 0.1) is 5.41 Å². The van der Waals surface area contributed by atoms with Gasteiger partial charge in [0, 0.05) is 25.8 Å². The van der Waals surface area contributed by atoms with Crippen LogP contribution in [0.4, 0.5) is 0 Å². The standard InChI is InChI=1S/C16H21NO4/c1-16(15(19)20)8-5-9-17(11-16)14(18)13-7-4-3-6-12(13)10-21-2/h3-4,6-7H,5,8-11H2,1-2H3,(H,19,20). The summed E-state index contributed by atoms with van der Waals surface area (Å²) in [4.78, 5) is 25.7. The highest BCUT2D eigenvalue weighted by molar-refractivity contribution is 5.96. The smallest absolute Gasteiger partial charge is 0.311 e. The van der Waals surface area contributed by atoms with Gasteiger partial charge in [-0.25, -0.2) is 0 Å². The monoisotopic (exact) mass is 291 g/mol. The molecule has 0 saturated carbocycles. The number of nitrogens with zero attached hydrogens (tertiary/aromatic N) is 1. The van der Waals surface area contributed by atoms with E-state index in [9.17, 15) is 14.7 Å². The molecule has 0 bridgehead atoms. The number of ether oxygens (including phenoxy) is 1. The first-order valence-electron chi connectivity index (χ1n) is 7.07. The van der Waals surface area contributed by atoms with Crippen molar-refractivity contribution in [3.8, 4) is 0 Å². The minimum atomic E-state index is -0.857. The summed E-state index contributed by atoms with van der Waals surface area (Å²) in [7, 11) is 1.59. The van der Waals surface area contributed by atoms with Crippen LogP contribution in [0.25, 0.3) is 0 Å². The average Bonchev–Trinajstić information content (AvgIpc) is 2.47. The second-order valence-electron chi connectivity index (χ2n) is 5.79. The van der Waals surface area contributed by atoms with Gasteiger partial charge in [-0.1, -0.05) is 18.2 Å². The van der Waals surface area contributed by atoms with Crippen LogP contribution in [0.15, 0.2) is 24.3 Å². The van der Waals surface area contributed by atoms with Crippen molar-refractivity contribution in [1.82, 2.24) is 4.90 Å². The van der Waals surface area contributed by atoms with Crippen molar-refractivity contribution >= 4 is 11.9 Å². The molecule has 1 saturated heterocycles. The van der Waals surface area contributed by atoms with Crippen molar-refractivity contribution in [3.63, 3.8) is 0 Å². The van der Waals surface area contributed by atoms with Crippen molar-refractivity contribution in [2.75, 3.05) is 20.2 Å². The highest BCUT2D eigenvalue weighted by Gasteiger charge is 2.39. The molecule has 0 radical (unpaired) electrons. The molecule has 1 fully saturated rings. The van der Waals surface area contributed by atoms with E-state index < -0.39 is 11.4 Å². The molecule has 1 aromatic rings. The Bertz CT molecular complexity index is 543. The Labute approximate surface area is 124 Å². The number of amides is 1. The zero-order valence-corrected chi connectivity index (χ0v) is 12.5. The highest BCUT2D eigenvalue weighted by atomic mass is 16.5. The third kappa shape index (κ3) is 3.24. The number of carbonyl (C=O) groups is 2. The minimum absolute atomic E-state index is 0.116. The van der Waals surface area contributed by atoms with E-state index in [-0.39, 0.29) is 12.5 Å². The molecular weight excluding hydrogens is 270 g/mol. The van der Waals surface area contributed by atoms with Crippen LogP contribution in [-0.4, -0.2) is 42.1 Å². The number of benzene rings is 1. The van der Waals surface area contributed by atoms with Crippen LogP contribution in [0.2, 0.25) is 0 Å². The van der Waals surface area contributed by atoms with Crippen LogP contribution in [0.5, 0.6) is 0 Å². The predicted octanol–water partition coefficient (Wildman–Crippen LogP) is 2.16. The van der Waals surface area contributed by atoms with Gasteiger partial charge < -0.3 is 14.7 Å². The van der Waals surface area contributed by atoms with E-state index in [4.69, 9.17) is 4.74 Å². The van der Waals surface area contributed by atoms with E-state index in [0.29, 0.717) is 31.6 Å². The van der Waals surface area contributed by atoms with Gasteiger partial charge in [0.15, 0.2) is 0 Å². The third-order valence-electron chi connectivity index (χ3n) is 4.05. The first-order chi connectivity index (χ1) is 9.98. The van der Waals surface area contributed by atoms with Crippen LogP contribution < -0.4 is 0 Å². The summed E-state index contributed by atoms with van der Waals surface area (Å²) in [6, 6.07) is 7.30. The van der Waals surface area contributed by atoms with Gasteiger partial charge in [0.25, 0.3) is 5.91 Å². The predicted molar refractivity (Wildman–Crippen MR) is 78.0 cm³/mol. The van der Waals surface area contributed by atoms with Gasteiger partial charge in [-0.2, -0.15) is 0 Å². The topological polar surface area (TPSA) is 66.8 Å². The summed E-state index contributed by atoms with van der Waals surface area (Å²) in [6.07, 6.45) is 1.31. The van der Waals surface area contributed by atoms with Crippen LogP contribution >= 0.6 is 0 Å². The maximum Gasteiger partial charge on any atom is 0.311 e. The van der Waals surface area contributed by atoms with Gasteiger partial charge in [0.05, 0.1) is 12.0 Å². The summed E-state index contributed by atoms with van der Waals surface area (Å²) in [6.45, 7) is 2.92. The van der Waals surface area contributed by atoms with Crippen molar-refractivity contribution in [2.24, 2.45) is 5.41 Å². The van der Waals surface area contributed by atoms with Gasteiger partial charge >= 0.3 is 5.97 Å². The number of aliphatic carboxylic acids is 1. The van der Waals surface area contributed by atoms with Crippen molar-refractivity contribution < 1.29 is 19.4 Å². The van der Waals surface area contributed by atoms with E-state index >= 15 is 0 Å². The van der Waals surface area contributed by atoms with Gasteiger partial charge in [0.1, 0.15) is 0 Å². The molecule has 5 heteroatoms. The summed E-state index contributed by atoms with van der Waals surface area (Å²) in [5.74, 6) is -0.958. The molecular formula is C16H21NO4. The average molecular weight is 291 g/mol. The molecule has 1 unspecified atom stereocenters. The first-order valence-corrected chi connectivity index (χ1v) is 7.07. The number of hydrogen-bond donors (Lipinski definition) is 1. The Morgan fingerprint density at radius 1 is 1.38 bits per heavy atom. The van der Waals surface area contributed by atoms with E-state index in [1.165, 1.54) is 0 Å². The largest absolute Gasteiger partial charge is 0.481 e. The van der Waals surface area contributed by atoms with Gasteiger partial charge in [-0.3, -0.25) is 9.59 Å². The fourth-order valence-corrected chi connectivity index (χ4v) is 2.77. The second-order valence-corrected chi connectivity index (χ2v) is 5.79. The Kier molecular flexibility index (Phi) is 4.63. The minimum Gasteiger partial charge on any atom is -0.481 e. The number of methoxy groups -OCH3 is 1. The van der Waals surface area contributed by atoms with Crippen LogP contribution in [-0.2, 0) is 16.1 Å². The second kappa shape index (κ2) is 6.26. The lowest BCUT2D eigenvalue weighted by molar-refractivity contribution is -0.150. The molecule has 1 aliphatic heterocycles. The Hall–Kier alpha value is -1.88. The number of carbonyl (C=O) groups excluding carboxylic acids is 1. The lowest BCUT2D eigenvalue weighted by Gasteiger charge is -2.37. The summed E-state index contributed by atoms with van der Waals surface area (Å²) in [5.41, 5.74) is 0.561. The molecule has 1 aromatic carbocycles. The molecule has 1 aliphatic rings. The number of hydrogen-bond acceptors (Lipinski definition) is 3. The number of carboxylic acid groups (broad SMARTS) is 1. The van der Waals surface area contributed by atoms with Crippen molar-refractivity contribution in [2.45, 2.75) is 26.4 Å². The Morgan fingerprint density at radius 3 is 2.76 bits per heavy atom. The molecule has 0 spiro atoms. The lowest BCUT2D eigenvalue weighted by Crippen LogP contribution is -2.48. The Balaban J connectivity index is 2.22. The fraction of sp³-hybridized carbons (Fsp3) is 0.500. The first kappa shape index (κ1) is 15.5. The van der Waals surface area contributed by atoms with E-state index in [2.05, 4.69) is 0 Å². The fourth-order valence-electron chi connectivity index (χ4n) is 2.77. The van der Waals surface area contributed by atoms with Crippen molar-refractivity contribution in [1.29, 1.82) is 0 Å². The molecule has 114 valence electrons. The van der Waals surface area contributed by atoms with Crippen LogP contribution in [0.1, 0.15) is 35.7 Å². The molecule has 5 nitrogen and oxygen atoms in total. The molecule has 1 heterocycles. The molecule has 1 N–H and O–H groups in total. The zero-order chi connectivity index (χ0) is 15.5. The highest BCUT2D eigenvalue weighted by Crippen LogP contribution is 2.30. The number of piperidine rings is 1. The Morgan fingerprint density at radius 2 is 2.10 bits per heavy atom. The van der Waals surface area contributed by atoms with Gasteiger partial charge in [-0.05, 0) is 31.4 Å². The van der Waals surface area contributed by atoms with E-state index in [0.717, 1.165) is 5.56 Å². The molecule has 2 rings (SSSR count). The van der Waals surface area contributed by atoms with E-state index in [1.54, 1.807) is 25.0 Å². The van der Waals surface area contributed by atoms with Crippen LogP contribution in [0.3, 0.4) is 0 Å². The quantitative estimate of drug-likeness (QED) is 0.923. The summed E-state index contributed by atoms with van der Waals surface area (Å²) < 4.78 is 5.12. The summed E-state index contributed by atoms with van der Waals surface area (Å²) in [5, 5.41) is 9.35. The maximum atomic E-state index is 12.7. The third-order valence-corrected chi connectivity index (χ3v) is 4.05. The number of carboxylic acids is 1. The number of likely N-dealkylation sites (tertiary alicyclic amines) is 1. The molecule has 0 aromatic heterocycles. The van der Waals surface area contributed by atoms with Crippen molar-refractivity contribution in [3.05, 3.63) is 35.4 Å². The molecule has 21 heavy (non-hydrogen) atoms. The SMILES string of the molecule is COCc1ccccc1C(=O)N1CCCC(C)(C(=O)O)C1. The normalized spacial score (nSPS) is 22.1. The van der Waals surface area contributed by atoms with Gasteiger partial charge in [-0.15, -0.1) is 0 Å². The maximum absolute atomic E-state index is 12.7. The van der Waals surface area contributed by atoms with Gasteiger partial charge in [0.2, 0.25) is 0 Å².